The van der Waals surface area contributed by atoms with E-state index in [0.717, 1.165) is 10.7 Å². The highest BCUT2D eigenvalue weighted by atomic mass is 127. The van der Waals surface area contributed by atoms with Gasteiger partial charge in [-0.25, -0.2) is 0 Å². The molecular weight excluding hydrogens is 565 g/mol. The van der Waals surface area contributed by atoms with Crippen LogP contribution in [0.1, 0.15) is 12.8 Å². The average molecular weight is 572 g/mol. The Balaban J connectivity index is 2.71. The molecule has 0 unspecified atom stereocenters. The Labute approximate surface area is 139 Å². The van der Waals surface area contributed by atoms with Crippen LogP contribution >= 0.6 is 67.8 Å². The van der Waals surface area contributed by atoms with E-state index in [0.29, 0.717) is 5.75 Å². The van der Waals surface area contributed by atoms with Crippen LogP contribution in [-0.4, -0.2) is 17.0 Å². The number of aliphatic carboxylic acids is 1. The molecule has 92 valence electrons. The predicted molar refractivity (Wildman–Crippen MR) is 87.1 cm³/mol. The molecule has 0 aliphatic carbocycles. The van der Waals surface area contributed by atoms with Crippen LogP contribution in [0, 0.1) is 10.7 Å². The highest BCUT2D eigenvalue weighted by molar-refractivity contribution is 14.1. The molecule has 4 nitrogen and oxygen atoms in total. The van der Waals surface area contributed by atoms with E-state index in [1.54, 1.807) is 6.07 Å². The Morgan fingerprint density at radius 2 is 1.65 bits per heavy atom. The summed E-state index contributed by atoms with van der Waals surface area (Å²) in [4.78, 5) is 21.7. The first-order chi connectivity index (χ1) is 7.90. The maximum Gasteiger partial charge on any atom is 0.311 e. The standard InChI is InChI=1S/C10H7I3O4/c11-5-3-7(13)8(4-6(5)12)17-10(16)2-1-9(14)15/h3-4H,1-2H2,(H,14,15). The second-order valence-electron chi connectivity index (χ2n) is 3.06. The van der Waals surface area contributed by atoms with Gasteiger partial charge in [0, 0.05) is 7.14 Å². The number of hydrogen-bond acceptors (Lipinski definition) is 3. The molecule has 0 aliphatic rings. The molecule has 0 fully saturated rings. The number of carbonyl (C=O) groups excluding carboxylic acids is 1. The Hall–Kier alpha value is 0.350. The van der Waals surface area contributed by atoms with Gasteiger partial charge in [-0.15, -0.1) is 0 Å². The number of halogens is 3. The summed E-state index contributed by atoms with van der Waals surface area (Å²) in [5, 5.41) is 8.45. The molecule has 1 aromatic rings. The fourth-order valence-electron chi connectivity index (χ4n) is 0.965. The Bertz CT molecular complexity index is 459. The molecule has 0 amide bonds. The van der Waals surface area contributed by atoms with Crippen molar-refractivity contribution in [3.8, 4) is 5.75 Å². The topological polar surface area (TPSA) is 63.6 Å². The Morgan fingerprint density at radius 3 is 2.24 bits per heavy atom. The average Bonchev–Trinajstić information content (AvgIpc) is 2.23. The lowest BCUT2D eigenvalue weighted by atomic mass is 10.3. The molecule has 0 atom stereocenters. The second kappa shape index (κ2) is 7.07. The van der Waals surface area contributed by atoms with Crippen molar-refractivity contribution in [1.82, 2.24) is 0 Å². The minimum absolute atomic E-state index is 0.117. The van der Waals surface area contributed by atoms with Crippen LogP contribution in [-0.2, 0) is 9.59 Å². The number of rotatable bonds is 4. The molecule has 1 rings (SSSR count). The van der Waals surface area contributed by atoms with Gasteiger partial charge in [0.05, 0.1) is 16.4 Å². The van der Waals surface area contributed by atoms with Gasteiger partial charge < -0.3 is 9.84 Å². The number of hydrogen-bond donors (Lipinski definition) is 1. The first-order valence-electron chi connectivity index (χ1n) is 4.47. The molecule has 0 aliphatic heterocycles. The zero-order chi connectivity index (χ0) is 13.0. The monoisotopic (exact) mass is 572 g/mol. The lowest BCUT2D eigenvalue weighted by molar-refractivity contribution is -0.142. The fraction of sp³-hybridized carbons (Fsp3) is 0.200. The van der Waals surface area contributed by atoms with Crippen molar-refractivity contribution in [2.24, 2.45) is 0 Å². The molecule has 1 aromatic carbocycles. The van der Waals surface area contributed by atoms with Crippen LogP contribution in [0.2, 0.25) is 0 Å². The quantitative estimate of drug-likeness (QED) is 0.261. The number of carboxylic acids is 1. The lowest BCUT2D eigenvalue weighted by Crippen LogP contribution is -2.11. The van der Waals surface area contributed by atoms with Crippen LogP contribution in [0.4, 0.5) is 0 Å². The van der Waals surface area contributed by atoms with Crippen LogP contribution in [0.15, 0.2) is 12.1 Å². The van der Waals surface area contributed by atoms with Crippen molar-refractivity contribution in [2.45, 2.75) is 12.8 Å². The van der Waals surface area contributed by atoms with Gasteiger partial charge in [0.1, 0.15) is 5.75 Å². The smallest absolute Gasteiger partial charge is 0.311 e. The minimum Gasteiger partial charge on any atom is -0.481 e. The maximum absolute atomic E-state index is 11.4. The zero-order valence-corrected chi connectivity index (χ0v) is 14.8. The maximum atomic E-state index is 11.4. The van der Waals surface area contributed by atoms with Gasteiger partial charge in [-0.3, -0.25) is 9.59 Å². The van der Waals surface area contributed by atoms with Crippen LogP contribution in [0.25, 0.3) is 0 Å². The third-order valence-electron chi connectivity index (χ3n) is 1.74. The lowest BCUT2D eigenvalue weighted by Gasteiger charge is -2.07. The SMILES string of the molecule is O=C(O)CCC(=O)Oc1cc(I)c(I)cc1I. The Morgan fingerprint density at radius 1 is 1.06 bits per heavy atom. The number of ether oxygens (including phenoxy) is 1. The van der Waals surface area contributed by atoms with Crippen molar-refractivity contribution in [3.63, 3.8) is 0 Å². The molecule has 0 saturated heterocycles. The molecule has 0 heterocycles. The molecule has 0 radical (unpaired) electrons. The number of esters is 1. The number of benzene rings is 1. The van der Waals surface area contributed by atoms with Crippen molar-refractivity contribution in [3.05, 3.63) is 22.8 Å². The molecule has 17 heavy (non-hydrogen) atoms. The van der Waals surface area contributed by atoms with Crippen LogP contribution in [0.3, 0.4) is 0 Å². The summed E-state index contributed by atoms with van der Waals surface area (Å²) < 4.78 is 8.02. The highest BCUT2D eigenvalue weighted by Gasteiger charge is 2.12. The van der Waals surface area contributed by atoms with Crippen LogP contribution in [0.5, 0.6) is 5.75 Å². The van der Waals surface area contributed by atoms with E-state index in [1.807, 2.05) is 6.07 Å². The van der Waals surface area contributed by atoms with E-state index in [-0.39, 0.29) is 12.8 Å². The summed E-state index contributed by atoms with van der Waals surface area (Å²) in [6.45, 7) is 0. The molecule has 7 heteroatoms. The van der Waals surface area contributed by atoms with Gasteiger partial charge in [-0.05, 0) is 79.9 Å². The minimum atomic E-state index is -1.01. The summed E-state index contributed by atoms with van der Waals surface area (Å²) in [7, 11) is 0. The predicted octanol–water partition coefficient (Wildman–Crippen LogP) is 3.27. The summed E-state index contributed by atoms with van der Waals surface area (Å²) in [6.07, 6.45) is -0.329. The van der Waals surface area contributed by atoms with E-state index in [2.05, 4.69) is 67.8 Å². The van der Waals surface area contributed by atoms with Gasteiger partial charge in [0.25, 0.3) is 0 Å². The molecule has 0 saturated carbocycles. The first kappa shape index (κ1) is 15.4. The largest absolute Gasteiger partial charge is 0.481 e. The van der Waals surface area contributed by atoms with Crippen LogP contribution < -0.4 is 4.74 Å². The number of carboxylic acid groups (broad SMARTS) is 1. The van der Waals surface area contributed by atoms with Gasteiger partial charge in [0.15, 0.2) is 0 Å². The van der Waals surface area contributed by atoms with Gasteiger partial charge in [-0.2, -0.15) is 0 Å². The van der Waals surface area contributed by atoms with Gasteiger partial charge in [-0.1, -0.05) is 0 Å². The van der Waals surface area contributed by atoms with Gasteiger partial charge >= 0.3 is 11.9 Å². The van der Waals surface area contributed by atoms with Gasteiger partial charge in [0.2, 0.25) is 0 Å². The fourth-order valence-corrected chi connectivity index (χ4v) is 3.04. The highest BCUT2D eigenvalue weighted by Crippen LogP contribution is 2.27. The van der Waals surface area contributed by atoms with E-state index in [1.165, 1.54) is 0 Å². The summed E-state index contributed by atoms with van der Waals surface area (Å²) in [5.41, 5.74) is 0. The number of carbonyl (C=O) groups is 2. The van der Waals surface area contributed by atoms with Crippen molar-refractivity contribution >= 4 is 79.7 Å². The van der Waals surface area contributed by atoms with E-state index < -0.39 is 11.9 Å². The van der Waals surface area contributed by atoms with Crippen molar-refractivity contribution < 1.29 is 19.4 Å². The summed E-state index contributed by atoms with van der Waals surface area (Å²) in [5.74, 6) is -1.05. The second-order valence-corrected chi connectivity index (χ2v) is 6.55. The zero-order valence-electron chi connectivity index (χ0n) is 8.37. The van der Waals surface area contributed by atoms with E-state index in [4.69, 9.17) is 9.84 Å². The Kier molecular flexibility index (Phi) is 6.40. The molecule has 0 aromatic heterocycles. The molecular formula is C10H7I3O4. The van der Waals surface area contributed by atoms with Crippen molar-refractivity contribution in [2.75, 3.05) is 0 Å². The molecule has 0 spiro atoms. The molecule has 0 bridgehead atoms. The summed E-state index contributed by atoms with van der Waals surface area (Å²) >= 11 is 6.42. The third kappa shape index (κ3) is 5.24. The molecule has 1 N–H and O–H groups in total. The van der Waals surface area contributed by atoms with E-state index >= 15 is 0 Å². The first-order valence-corrected chi connectivity index (χ1v) is 7.71. The van der Waals surface area contributed by atoms with Crippen molar-refractivity contribution in [1.29, 1.82) is 0 Å². The third-order valence-corrected chi connectivity index (χ3v) is 5.40. The summed E-state index contributed by atoms with van der Waals surface area (Å²) in [6, 6.07) is 3.67. The normalized spacial score (nSPS) is 10.1. The van der Waals surface area contributed by atoms with E-state index in [9.17, 15) is 9.59 Å².